The highest BCUT2D eigenvalue weighted by atomic mass is 32.1. The van der Waals surface area contributed by atoms with Gasteiger partial charge in [-0.3, -0.25) is 4.79 Å². The van der Waals surface area contributed by atoms with Gasteiger partial charge in [-0.1, -0.05) is 36.4 Å². The smallest absolute Gasteiger partial charge is 0.322 e. The molecule has 0 aliphatic carbocycles. The van der Waals surface area contributed by atoms with Crippen molar-refractivity contribution in [2.75, 3.05) is 31.6 Å². The van der Waals surface area contributed by atoms with Gasteiger partial charge < -0.3 is 19.9 Å². The molecule has 0 radical (unpaired) electrons. The third-order valence-electron chi connectivity index (χ3n) is 6.16. The number of aryl methyl sites for hydroxylation is 3. The zero-order chi connectivity index (χ0) is 25.9. The monoisotopic (exact) mass is 507 g/mol. The highest BCUT2D eigenvalue weighted by Gasteiger charge is 2.23. The average molecular weight is 508 g/mol. The molecule has 1 aromatic heterocycles. The molecule has 1 heterocycles. The maximum atomic E-state index is 13.6. The van der Waals surface area contributed by atoms with Crippen molar-refractivity contribution < 1.29 is 14.3 Å². The van der Waals surface area contributed by atoms with Crippen molar-refractivity contribution >= 4 is 29.0 Å². The van der Waals surface area contributed by atoms with Gasteiger partial charge in [-0.05, 0) is 79.9 Å². The Labute approximate surface area is 218 Å². The summed E-state index contributed by atoms with van der Waals surface area (Å²) in [6.07, 6.45) is 0.657. The zero-order valence-corrected chi connectivity index (χ0v) is 22.6. The number of carbonyl (C=O) groups excluding carboxylic acids is 2. The Hall–Kier alpha value is -3.16. The molecule has 192 valence electrons. The SMILES string of the molecule is CCOCCCN(CC(=O)N(Cc1ccccc1)Cc1sccc1C)C(=O)Nc1ccc(C)c(C)c1. The van der Waals surface area contributed by atoms with Crippen molar-refractivity contribution in [2.24, 2.45) is 0 Å². The van der Waals surface area contributed by atoms with Crippen molar-refractivity contribution in [1.82, 2.24) is 9.80 Å². The van der Waals surface area contributed by atoms with Gasteiger partial charge in [0.25, 0.3) is 0 Å². The maximum absolute atomic E-state index is 13.6. The zero-order valence-electron chi connectivity index (χ0n) is 21.8. The Morgan fingerprint density at radius 1 is 0.917 bits per heavy atom. The Kier molecular flexibility index (Phi) is 10.5. The molecule has 0 atom stereocenters. The predicted molar refractivity (Wildman–Crippen MR) is 147 cm³/mol. The number of nitrogens with one attached hydrogen (secondary N) is 1. The van der Waals surface area contributed by atoms with Crippen LogP contribution in [0, 0.1) is 20.8 Å². The number of ether oxygens (including phenoxy) is 1. The summed E-state index contributed by atoms with van der Waals surface area (Å²) >= 11 is 1.65. The van der Waals surface area contributed by atoms with E-state index in [2.05, 4.69) is 18.3 Å². The van der Waals surface area contributed by atoms with E-state index in [1.807, 2.05) is 79.6 Å². The summed E-state index contributed by atoms with van der Waals surface area (Å²) in [5.74, 6) is -0.0849. The van der Waals surface area contributed by atoms with Gasteiger partial charge in [0.15, 0.2) is 0 Å². The largest absolute Gasteiger partial charge is 0.382 e. The number of anilines is 1. The molecular weight excluding hydrogens is 470 g/mol. The fraction of sp³-hybridized carbons (Fsp3) is 0.379. The molecule has 0 bridgehead atoms. The number of hydrogen-bond donors (Lipinski definition) is 1. The van der Waals surface area contributed by atoms with Crippen LogP contribution in [0.15, 0.2) is 60.0 Å². The second kappa shape index (κ2) is 13.8. The molecule has 1 N–H and O–H groups in total. The van der Waals surface area contributed by atoms with Gasteiger partial charge in [-0.15, -0.1) is 11.3 Å². The maximum Gasteiger partial charge on any atom is 0.322 e. The molecule has 0 saturated heterocycles. The summed E-state index contributed by atoms with van der Waals surface area (Å²) in [6, 6.07) is 17.6. The van der Waals surface area contributed by atoms with Gasteiger partial charge >= 0.3 is 6.03 Å². The van der Waals surface area contributed by atoms with Crippen LogP contribution in [-0.2, 0) is 22.6 Å². The third kappa shape index (κ3) is 8.21. The lowest BCUT2D eigenvalue weighted by Crippen LogP contribution is -2.44. The molecule has 0 fully saturated rings. The van der Waals surface area contributed by atoms with Crippen LogP contribution in [0.4, 0.5) is 10.5 Å². The van der Waals surface area contributed by atoms with E-state index in [0.717, 1.165) is 27.3 Å². The lowest BCUT2D eigenvalue weighted by atomic mass is 10.1. The standard InChI is InChI=1S/C29H37N3O3S/c1-5-35-16-9-15-31(29(34)30-26-13-12-22(2)24(4)18-26)21-28(33)32(19-25-10-7-6-8-11-25)20-27-23(3)14-17-36-27/h6-8,10-14,17-18H,5,9,15-16,19-21H2,1-4H3,(H,30,34). The number of carbonyl (C=O) groups is 2. The van der Waals surface area contributed by atoms with Crippen molar-refractivity contribution in [1.29, 1.82) is 0 Å². The lowest BCUT2D eigenvalue weighted by molar-refractivity contribution is -0.133. The predicted octanol–water partition coefficient (Wildman–Crippen LogP) is 6.16. The molecule has 6 nitrogen and oxygen atoms in total. The average Bonchev–Trinajstić information content (AvgIpc) is 3.27. The fourth-order valence-corrected chi connectivity index (χ4v) is 4.74. The van der Waals surface area contributed by atoms with E-state index in [9.17, 15) is 9.59 Å². The van der Waals surface area contributed by atoms with Crippen molar-refractivity contribution in [3.8, 4) is 0 Å². The van der Waals surface area contributed by atoms with Crippen molar-refractivity contribution in [3.63, 3.8) is 0 Å². The van der Waals surface area contributed by atoms with E-state index in [0.29, 0.717) is 39.3 Å². The van der Waals surface area contributed by atoms with Crippen LogP contribution in [0.2, 0.25) is 0 Å². The number of rotatable bonds is 12. The number of nitrogens with zero attached hydrogens (tertiary/aromatic N) is 2. The summed E-state index contributed by atoms with van der Waals surface area (Å²) in [4.78, 5) is 31.5. The van der Waals surface area contributed by atoms with E-state index >= 15 is 0 Å². The minimum Gasteiger partial charge on any atom is -0.382 e. The minimum atomic E-state index is -0.282. The third-order valence-corrected chi connectivity index (χ3v) is 7.17. The quantitative estimate of drug-likeness (QED) is 0.299. The summed E-state index contributed by atoms with van der Waals surface area (Å²) in [5.41, 5.74) is 5.22. The molecule has 3 aromatic rings. The Bertz CT molecular complexity index is 1130. The molecule has 36 heavy (non-hydrogen) atoms. The molecule has 3 rings (SSSR count). The first-order valence-corrected chi connectivity index (χ1v) is 13.3. The van der Waals surface area contributed by atoms with Gasteiger partial charge in [-0.2, -0.15) is 0 Å². The van der Waals surface area contributed by atoms with Gasteiger partial charge in [-0.25, -0.2) is 4.79 Å². The van der Waals surface area contributed by atoms with Crippen LogP contribution in [0.5, 0.6) is 0 Å². The van der Waals surface area contributed by atoms with E-state index in [4.69, 9.17) is 4.74 Å². The van der Waals surface area contributed by atoms with E-state index in [1.165, 1.54) is 5.56 Å². The first kappa shape index (κ1) is 27.4. The van der Waals surface area contributed by atoms with Crippen LogP contribution in [-0.4, -0.2) is 48.0 Å². The second-order valence-corrected chi connectivity index (χ2v) is 9.96. The Morgan fingerprint density at radius 3 is 2.36 bits per heavy atom. The molecule has 2 aromatic carbocycles. The molecule has 7 heteroatoms. The van der Waals surface area contributed by atoms with Crippen LogP contribution < -0.4 is 5.32 Å². The summed E-state index contributed by atoms with van der Waals surface area (Å²) in [7, 11) is 0. The van der Waals surface area contributed by atoms with E-state index < -0.39 is 0 Å². The normalized spacial score (nSPS) is 10.8. The number of urea groups is 1. The summed E-state index contributed by atoms with van der Waals surface area (Å²) in [6.45, 7) is 10.7. The highest BCUT2D eigenvalue weighted by molar-refractivity contribution is 7.10. The highest BCUT2D eigenvalue weighted by Crippen LogP contribution is 2.20. The van der Waals surface area contributed by atoms with Crippen molar-refractivity contribution in [3.05, 3.63) is 87.1 Å². The number of benzene rings is 2. The number of hydrogen-bond acceptors (Lipinski definition) is 4. The summed E-state index contributed by atoms with van der Waals surface area (Å²) < 4.78 is 5.47. The number of thiophene rings is 1. The molecule has 0 aliphatic heterocycles. The lowest BCUT2D eigenvalue weighted by Gasteiger charge is -2.28. The van der Waals surface area contributed by atoms with Crippen molar-refractivity contribution in [2.45, 2.75) is 47.2 Å². The van der Waals surface area contributed by atoms with Crippen LogP contribution >= 0.6 is 11.3 Å². The first-order chi connectivity index (χ1) is 17.4. The van der Waals surface area contributed by atoms with Crippen LogP contribution in [0.25, 0.3) is 0 Å². The second-order valence-electron chi connectivity index (χ2n) is 8.96. The molecule has 0 spiro atoms. The Balaban J connectivity index is 1.76. The van der Waals surface area contributed by atoms with Gasteiger partial charge in [0.1, 0.15) is 6.54 Å². The van der Waals surface area contributed by atoms with Crippen LogP contribution in [0.3, 0.4) is 0 Å². The molecular formula is C29H37N3O3S. The van der Waals surface area contributed by atoms with E-state index in [-0.39, 0.29) is 18.5 Å². The van der Waals surface area contributed by atoms with Crippen LogP contribution in [0.1, 0.15) is 40.5 Å². The molecule has 0 unspecified atom stereocenters. The topological polar surface area (TPSA) is 61.9 Å². The first-order valence-electron chi connectivity index (χ1n) is 12.4. The Morgan fingerprint density at radius 2 is 1.69 bits per heavy atom. The fourth-order valence-electron chi connectivity index (χ4n) is 3.81. The minimum absolute atomic E-state index is 0.0000578. The molecule has 3 amide bonds. The van der Waals surface area contributed by atoms with E-state index in [1.54, 1.807) is 16.2 Å². The summed E-state index contributed by atoms with van der Waals surface area (Å²) in [5, 5.41) is 5.03. The van der Waals surface area contributed by atoms with Gasteiger partial charge in [0.05, 0.1) is 6.54 Å². The van der Waals surface area contributed by atoms with Gasteiger partial charge in [0.2, 0.25) is 5.91 Å². The molecule has 0 saturated carbocycles. The number of amides is 3. The molecule has 0 aliphatic rings. The van der Waals surface area contributed by atoms with Gasteiger partial charge in [0, 0.05) is 36.9 Å².